The van der Waals surface area contributed by atoms with Gasteiger partial charge in [0.25, 0.3) is 20.1 Å². The number of hydrogen-bond acceptors (Lipinski definition) is 17. The summed E-state index contributed by atoms with van der Waals surface area (Å²) in [5.41, 5.74) is 14.7. The van der Waals surface area contributed by atoms with Crippen molar-refractivity contribution < 1.29 is 46.6 Å². The number of fused-ring (bicyclic) bond motifs is 2. The van der Waals surface area contributed by atoms with Crippen LogP contribution in [0.4, 0.5) is 42.0 Å². The van der Waals surface area contributed by atoms with Crippen LogP contribution in [0.3, 0.4) is 0 Å². The van der Waals surface area contributed by atoms with Gasteiger partial charge in [-0.1, -0.05) is 52.6 Å². The van der Waals surface area contributed by atoms with E-state index in [1.54, 1.807) is 156 Å². The highest BCUT2D eigenvalue weighted by molar-refractivity contribution is 6.54. The number of nitrogen functional groups attached to an aromatic ring is 2. The number of halogens is 6. The average molecular weight is 1550 g/mol. The maximum atomic E-state index is 14.0. The Labute approximate surface area is 655 Å². The van der Waals surface area contributed by atoms with E-state index in [2.05, 4.69) is 197 Å². The Morgan fingerprint density at radius 1 is 0.518 bits per heavy atom. The molecule has 3 aromatic carbocycles. The summed E-state index contributed by atoms with van der Waals surface area (Å²) in [5.74, 6) is 56.3. The van der Waals surface area contributed by atoms with Crippen LogP contribution in [-0.2, 0) is 37.9 Å². The molecule has 22 nitrogen and oxygen atoms in total. The quantitative estimate of drug-likeness (QED) is 0.0325. The second-order valence-electron chi connectivity index (χ2n) is 20.8. The molecule has 6 N–H and O–H groups in total. The number of aromatic nitrogens is 11. The molecule has 554 valence electrons. The number of carbonyl (C=O) groups is 4. The number of nitrogens with zero attached hydrogens (tertiary/aromatic N) is 11. The van der Waals surface area contributed by atoms with E-state index in [4.69, 9.17) is 57.4 Å². The van der Waals surface area contributed by atoms with Gasteiger partial charge in [0.15, 0.2) is 22.9 Å². The van der Waals surface area contributed by atoms with E-state index in [9.17, 15) is 32.3 Å². The van der Waals surface area contributed by atoms with Gasteiger partial charge in [0.05, 0.1) is 52.0 Å². The maximum absolute atomic E-state index is 14.0. The van der Waals surface area contributed by atoms with E-state index in [0.29, 0.717) is 62.5 Å². The molecular weight excluding hydrogens is 1490 g/mol. The van der Waals surface area contributed by atoms with Gasteiger partial charge in [-0.25, -0.2) is 52.5 Å². The summed E-state index contributed by atoms with van der Waals surface area (Å²) in [6, 6.07) is 26.6. The molecule has 7 heterocycles. The molecule has 10 rings (SSSR count). The fraction of sp³-hybridized carbons (Fsp3) is 0.173. The first-order valence-electron chi connectivity index (χ1n) is 32.2. The Morgan fingerprint density at radius 2 is 0.918 bits per heavy atom. The molecule has 0 fully saturated rings. The smallest absolute Gasteiger partial charge is 0.417 e. The number of ether oxygens (including phenoxy) is 3. The van der Waals surface area contributed by atoms with Crippen molar-refractivity contribution in [1.29, 1.82) is 0 Å². The van der Waals surface area contributed by atoms with Crippen molar-refractivity contribution in [3.8, 4) is 142 Å². The number of amides is 1. The van der Waals surface area contributed by atoms with Crippen molar-refractivity contribution in [3.05, 3.63) is 178 Å². The molecule has 0 unspecified atom stereocenters. The SMILES string of the molecule is C#CC#CC#CC#CC#CC#CC.CC#CC#CC#CC#CC#CC.CCOC(=O)C(=O)OCC.CCOC(=O)c1nc2cccnc2n1-c1ccc(Cl)c(F)c1.Cn1ccc(N)n1.Cn1ccc(NC(=O)c2nc3cccnc3n2-c2ccc(Cl)c(F)c2)n1.Nc1cccnc1Nc1ccc(Cl)c(F)c1.[CH3][Al]([CH3])[CH3]. The van der Waals surface area contributed by atoms with E-state index < -0.39 is 41.3 Å². The van der Waals surface area contributed by atoms with Crippen molar-refractivity contribution in [2.45, 2.75) is 58.9 Å². The number of imidazole rings is 2. The van der Waals surface area contributed by atoms with Crippen LogP contribution >= 0.6 is 34.8 Å². The van der Waals surface area contributed by atoms with E-state index >= 15 is 0 Å². The molecule has 29 heteroatoms. The second-order valence-corrected chi connectivity index (χ2v) is 25.5. The summed E-state index contributed by atoms with van der Waals surface area (Å²) in [7, 11) is 3.57. The Bertz CT molecular complexity index is 5520. The third kappa shape index (κ3) is 33.5. The zero-order valence-corrected chi connectivity index (χ0v) is 64.6. The molecule has 0 radical (unpaired) electrons. The number of anilines is 5. The van der Waals surface area contributed by atoms with E-state index in [-0.39, 0.29) is 60.7 Å². The summed E-state index contributed by atoms with van der Waals surface area (Å²) < 4.78 is 60.7. The van der Waals surface area contributed by atoms with Gasteiger partial charge in [0, 0.05) is 56.8 Å². The van der Waals surface area contributed by atoms with Crippen molar-refractivity contribution in [2.24, 2.45) is 14.1 Å². The molecule has 0 bridgehead atoms. The van der Waals surface area contributed by atoms with Gasteiger partial charge in [-0.3, -0.25) is 23.3 Å². The van der Waals surface area contributed by atoms with Crippen molar-refractivity contribution in [3.63, 3.8) is 0 Å². The van der Waals surface area contributed by atoms with Crippen LogP contribution in [0.15, 0.2) is 134 Å². The van der Waals surface area contributed by atoms with Crippen molar-refractivity contribution in [2.75, 3.05) is 41.9 Å². The first-order chi connectivity index (χ1) is 52.9. The van der Waals surface area contributed by atoms with Crippen LogP contribution in [0.25, 0.3) is 33.7 Å². The molecule has 0 saturated carbocycles. The molecule has 1 amide bonds. The number of benzene rings is 3. The number of hydrogen-bond donors (Lipinski definition) is 4. The lowest BCUT2D eigenvalue weighted by Gasteiger charge is -2.09. The molecule has 0 saturated heterocycles. The summed E-state index contributed by atoms with van der Waals surface area (Å²) in [6.45, 7) is 10.7. The van der Waals surface area contributed by atoms with Gasteiger partial charge in [-0.15, -0.1) is 23.8 Å². The number of pyridine rings is 3. The van der Waals surface area contributed by atoms with Gasteiger partial charge in [-0.05, 0) is 245 Å². The minimum Gasteiger partial charge on any atom is -0.460 e. The summed E-state index contributed by atoms with van der Waals surface area (Å²) in [5, 5.41) is 13.6. The summed E-state index contributed by atoms with van der Waals surface area (Å²) in [4.78, 5) is 66.8. The molecule has 7 aromatic heterocycles. The predicted molar refractivity (Wildman–Crippen MR) is 426 cm³/mol. The fourth-order valence-electron chi connectivity index (χ4n) is 7.38. The fourth-order valence-corrected chi connectivity index (χ4v) is 7.73. The molecule has 0 spiro atoms. The molecule has 10 aromatic rings. The summed E-state index contributed by atoms with van der Waals surface area (Å²) in [6.07, 6.45) is 13.1. The highest BCUT2D eigenvalue weighted by atomic mass is 35.5. The lowest BCUT2D eigenvalue weighted by Crippen LogP contribution is -2.19. The molecule has 0 aliphatic carbocycles. The Hall–Kier alpha value is -13.9. The first kappa shape index (κ1) is 90.3. The highest BCUT2D eigenvalue weighted by Crippen LogP contribution is 2.27. The van der Waals surface area contributed by atoms with Crippen LogP contribution < -0.4 is 22.1 Å². The monoisotopic (exact) mass is 1550 g/mol. The standard InChI is InChI=1S/C17H12ClFN6O.C15H11ClFN3O2.C13H4.C12H6.C11H9ClFN3.C6H10O4.C4H7N3.3CH3.Al/c1-24-8-6-14(23-24)22-17(26)16-21-13-3-2-7-20-15(13)25(16)10-4-5-11(18)12(19)9-10;1-2-22-15(21)14-19-12-4-3-7-18-13(12)20(14)9-5-6-10(16)11(17)8-9;1-3-5-7-9-11-13-12-10-8-6-4-2;1-3-5-7-9-11-12-10-8-6-4-2;12-8-4-3-7(6-9(8)13)16-11-10(14)2-1-5-15-11;1-3-9-5(7)6(8)10-4-2;1-7-3-2-4(5)6-7;;;;/h2-9H,1H3,(H,22,23,26);3-8H,2H2,1H3;1H,2H3;1-2H3;1-6H,14H2,(H,15,16);3-4H2,1-2H3;2-3H,1H3,(H2,5,6);3*1H3;. The third-order valence-corrected chi connectivity index (χ3v) is 12.5. The molecule has 0 aliphatic heterocycles. The van der Waals surface area contributed by atoms with Crippen LogP contribution in [0.5, 0.6) is 0 Å². The number of terminal acetylenes is 1. The third-order valence-electron chi connectivity index (χ3n) is 11.6. The largest absolute Gasteiger partial charge is 0.460 e. The van der Waals surface area contributed by atoms with E-state index in [1.807, 2.05) is 7.05 Å². The lowest BCUT2D eigenvalue weighted by atomic mass is 10.3. The number of aryl methyl sites for hydroxylation is 2. The molecule has 0 aliphatic rings. The molecule has 110 heavy (non-hydrogen) atoms. The highest BCUT2D eigenvalue weighted by Gasteiger charge is 2.23. The van der Waals surface area contributed by atoms with Crippen LogP contribution in [0, 0.1) is 148 Å². The maximum Gasteiger partial charge on any atom is 0.417 e. The number of rotatable bonds is 10. The first-order valence-corrected chi connectivity index (χ1v) is 36.8. The topological polar surface area (TPSA) is 282 Å². The van der Waals surface area contributed by atoms with Crippen LogP contribution in [0.1, 0.15) is 62.8 Å². The zero-order chi connectivity index (χ0) is 81.2. The van der Waals surface area contributed by atoms with E-state index in [1.165, 1.54) is 45.5 Å². The average Bonchev–Trinajstić information content (AvgIpc) is 1.63. The Kier molecular flexibility index (Phi) is 42.1. The van der Waals surface area contributed by atoms with Gasteiger partial charge in [-0.2, -0.15) is 10.2 Å². The molecule has 0 atom stereocenters. The van der Waals surface area contributed by atoms with Gasteiger partial charge >= 0.3 is 17.9 Å². The Morgan fingerprint density at radius 3 is 1.30 bits per heavy atom. The van der Waals surface area contributed by atoms with E-state index in [0.717, 1.165) is 0 Å². The Balaban J connectivity index is 0.000000342. The van der Waals surface area contributed by atoms with Gasteiger partial charge < -0.3 is 36.3 Å². The lowest BCUT2D eigenvalue weighted by molar-refractivity contribution is -0.167. The zero-order valence-electron chi connectivity index (χ0n) is 61.2. The number of esters is 3. The van der Waals surface area contributed by atoms with Crippen molar-refractivity contribution >= 4 is 124 Å². The minimum absolute atomic E-state index is 0.00110. The van der Waals surface area contributed by atoms with Crippen LogP contribution in [-0.4, -0.2) is 111 Å². The predicted octanol–water partition coefficient (Wildman–Crippen LogP) is 13.0. The number of nitrogens with two attached hydrogens (primary N) is 2. The normalized spacial score (nSPS) is 8.73. The van der Waals surface area contributed by atoms with Gasteiger partial charge in [0.2, 0.25) is 11.6 Å². The van der Waals surface area contributed by atoms with Crippen LogP contribution in [0.2, 0.25) is 32.4 Å². The summed E-state index contributed by atoms with van der Waals surface area (Å²) >= 11 is 16.9. The van der Waals surface area contributed by atoms with Gasteiger partial charge in [0.1, 0.15) is 34.3 Å². The van der Waals surface area contributed by atoms with Crippen molar-refractivity contribution in [1.82, 2.24) is 53.6 Å². The number of carbonyl (C=O) groups excluding carboxylic acids is 4. The minimum atomic E-state index is -0.927. The molecular formula is C81H68AlCl3F3N15O7. The number of nitrogens with one attached hydrogen (secondary N) is 2. The second kappa shape index (κ2) is 51.3.